The monoisotopic (exact) mass is 414 g/mol. The van der Waals surface area contributed by atoms with Crippen LogP contribution in [-0.4, -0.2) is 19.6 Å². The van der Waals surface area contributed by atoms with Crippen molar-refractivity contribution in [2.75, 3.05) is 0 Å². The minimum Gasteiger partial charge on any atom is -0.360 e. The van der Waals surface area contributed by atoms with Crippen molar-refractivity contribution in [3.8, 4) is 21.8 Å². The summed E-state index contributed by atoms with van der Waals surface area (Å²) in [6.45, 7) is 0. The number of para-hydroxylation sites is 1. The van der Waals surface area contributed by atoms with Crippen LogP contribution in [0.2, 0.25) is 0 Å². The van der Waals surface area contributed by atoms with Gasteiger partial charge in [0, 0.05) is 28.2 Å². The van der Waals surface area contributed by atoms with Gasteiger partial charge in [-0.25, -0.2) is 13.9 Å². The summed E-state index contributed by atoms with van der Waals surface area (Å²) in [6, 6.07) is 14.5. The van der Waals surface area contributed by atoms with Crippen molar-refractivity contribution in [2.24, 2.45) is 0 Å². The zero-order valence-corrected chi connectivity index (χ0v) is 15.3. The molecule has 0 saturated carbocycles. The summed E-state index contributed by atoms with van der Waals surface area (Å²) in [5, 5.41) is 6.71. The molecule has 0 aliphatic carbocycles. The largest absolute Gasteiger partial charge is 0.360 e. The minimum absolute atomic E-state index is 0. The van der Waals surface area contributed by atoms with Gasteiger partial charge in [0.15, 0.2) is 0 Å². The lowest BCUT2D eigenvalue weighted by molar-refractivity contribution is 0.628. The highest BCUT2D eigenvalue weighted by Crippen LogP contribution is 2.32. The number of imidazole rings is 1. The molecule has 0 bridgehead atoms. The summed E-state index contributed by atoms with van der Waals surface area (Å²) >= 11 is 1.54. The molecular weight excluding hydrogens is 403 g/mol. The average molecular weight is 415 g/mol. The van der Waals surface area contributed by atoms with Crippen molar-refractivity contribution in [3.63, 3.8) is 0 Å². The molecular formula is C18H12BrFN4S. The van der Waals surface area contributed by atoms with E-state index in [1.54, 1.807) is 16.6 Å². The van der Waals surface area contributed by atoms with Crippen LogP contribution < -0.4 is 0 Å². The molecule has 0 atom stereocenters. The van der Waals surface area contributed by atoms with E-state index in [9.17, 15) is 4.39 Å². The maximum Gasteiger partial charge on any atom is 0.213 e. The second-order valence-electron chi connectivity index (χ2n) is 5.52. The Balaban J connectivity index is 0.00000157. The fraction of sp³-hybridized carbons (Fsp3) is 0. The number of aromatic amines is 1. The van der Waals surface area contributed by atoms with E-state index >= 15 is 0 Å². The summed E-state index contributed by atoms with van der Waals surface area (Å²) in [4.78, 5) is 8.69. The molecule has 0 aliphatic rings. The second-order valence-corrected chi connectivity index (χ2v) is 6.47. The fourth-order valence-electron chi connectivity index (χ4n) is 2.82. The van der Waals surface area contributed by atoms with Crippen LogP contribution in [0.1, 0.15) is 0 Å². The Morgan fingerprint density at radius 3 is 2.64 bits per heavy atom. The topological polar surface area (TPSA) is 46.0 Å². The Labute approximate surface area is 156 Å². The Morgan fingerprint density at radius 1 is 1.04 bits per heavy atom. The fourth-order valence-corrected chi connectivity index (χ4v) is 3.73. The van der Waals surface area contributed by atoms with Gasteiger partial charge in [0.05, 0.1) is 11.9 Å². The molecule has 7 heteroatoms. The molecule has 124 valence electrons. The van der Waals surface area contributed by atoms with Crippen LogP contribution in [0, 0.1) is 5.82 Å². The van der Waals surface area contributed by atoms with Gasteiger partial charge in [0.1, 0.15) is 10.8 Å². The highest BCUT2D eigenvalue weighted by atomic mass is 79.9. The van der Waals surface area contributed by atoms with E-state index in [2.05, 4.69) is 21.1 Å². The van der Waals surface area contributed by atoms with Crippen LogP contribution >= 0.6 is 28.3 Å². The van der Waals surface area contributed by atoms with E-state index in [4.69, 9.17) is 0 Å². The van der Waals surface area contributed by atoms with E-state index in [-0.39, 0.29) is 22.8 Å². The number of fused-ring (bicyclic) bond motifs is 2. The van der Waals surface area contributed by atoms with Crippen LogP contribution in [0.15, 0.2) is 60.9 Å². The Bertz CT molecular complexity index is 1140. The lowest BCUT2D eigenvalue weighted by atomic mass is 10.2. The molecule has 25 heavy (non-hydrogen) atoms. The molecule has 2 aromatic carbocycles. The number of nitrogens with zero attached hydrogens (tertiary/aromatic N) is 3. The SMILES string of the molecule is Br.Fc1ccc(-c2cn3nc(-c4c[nH]c5ccccc45)sc3n2)cc1. The molecule has 0 amide bonds. The van der Waals surface area contributed by atoms with Gasteiger partial charge in [-0.15, -0.1) is 17.0 Å². The number of hydrogen-bond acceptors (Lipinski definition) is 3. The van der Waals surface area contributed by atoms with Crippen LogP contribution in [0.3, 0.4) is 0 Å². The summed E-state index contributed by atoms with van der Waals surface area (Å²) in [6.07, 6.45) is 3.85. The number of nitrogens with one attached hydrogen (secondary N) is 1. The van der Waals surface area contributed by atoms with Gasteiger partial charge < -0.3 is 4.98 Å². The highest BCUT2D eigenvalue weighted by Gasteiger charge is 2.14. The van der Waals surface area contributed by atoms with Gasteiger partial charge in [-0.1, -0.05) is 29.5 Å². The van der Waals surface area contributed by atoms with Gasteiger partial charge in [-0.3, -0.25) is 0 Å². The third-order valence-corrected chi connectivity index (χ3v) is 4.96. The lowest BCUT2D eigenvalue weighted by Gasteiger charge is -1.95. The van der Waals surface area contributed by atoms with Crippen molar-refractivity contribution < 1.29 is 4.39 Å². The first-order chi connectivity index (χ1) is 11.8. The molecule has 0 radical (unpaired) electrons. The zero-order chi connectivity index (χ0) is 16.1. The molecule has 0 aliphatic heterocycles. The minimum atomic E-state index is -0.250. The normalized spacial score (nSPS) is 11.1. The van der Waals surface area contributed by atoms with Crippen molar-refractivity contribution in [3.05, 3.63) is 66.7 Å². The third-order valence-electron chi connectivity index (χ3n) is 4.00. The van der Waals surface area contributed by atoms with Crippen LogP contribution in [0.25, 0.3) is 37.7 Å². The van der Waals surface area contributed by atoms with Gasteiger partial charge in [-0.2, -0.15) is 5.10 Å². The van der Waals surface area contributed by atoms with Crippen molar-refractivity contribution in [2.45, 2.75) is 0 Å². The molecule has 5 rings (SSSR count). The molecule has 0 fully saturated rings. The lowest BCUT2D eigenvalue weighted by Crippen LogP contribution is -1.82. The second kappa shape index (κ2) is 6.09. The summed E-state index contributed by atoms with van der Waals surface area (Å²) in [7, 11) is 0. The average Bonchev–Trinajstić information content (AvgIpc) is 3.27. The van der Waals surface area contributed by atoms with Gasteiger partial charge >= 0.3 is 0 Å². The van der Waals surface area contributed by atoms with Gasteiger partial charge in [0.2, 0.25) is 4.96 Å². The number of H-pyrrole nitrogens is 1. The predicted octanol–water partition coefficient (Wildman–Crippen LogP) is 5.32. The quantitative estimate of drug-likeness (QED) is 0.424. The molecule has 1 N–H and O–H groups in total. The number of hydrogen-bond donors (Lipinski definition) is 1. The summed E-state index contributed by atoms with van der Waals surface area (Å²) in [5.74, 6) is -0.250. The maximum atomic E-state index is 13.0. The Morgan fingerprint density at radius 2 is 1.84 bits per heavy atom. The smallest absolute Gasteiger partial charge is 0.213 e. The van der Waals surface area contributed by atoms with E-state index in [0.29, 0.717) is 0 Å². The number of halogens is 2. The van der Waals surface area contributed by atoms with Gasteiger partial charge in [0.25, 0.3) is 0 Å². The maximum absolute atomic E-state index is 13.0. The van der Waals surface area contributed by atoms with Crippen molar-refractivity contribution >= 4 is 44.2 Å². The van der Waals surface area contributed by atoms with Crippen molar-refractivity contribution in [1.82, 2.24) is 19.6 Å². The summed E-state index contributed by atoms with van der Waals surface area (Å²) < 4.78 is 14.8. The van der Waals surface area contributed by atoms with E-state index in [1.807, 2.05) is 30.6 Å². The third kappa shape index (κ3) is 2.65. The molecule has 0 spiro atoms. The standard InChI is InChI=1S/C18H11FN4S.BrH/c19-12-7-5-11(6-8-12)16-10-23-18(21-16)24-17(22-23)14-9-20-15-4-2-1-3-13(14)15;/h1-10,20H;1H. The van der Waals surface area contributed by atoms with Crippen molar-refractivity contribution in [1.29, 1.82) is 0 Å². The first-order valence-electron chi connectivity index (χ1n) is 7.46. The van der Waals surface area contributed by atoms with E-state index in [1.165, 1.54) is 23.5 Å². The Hall–Kier alpha value is -2.51. The number of rotatable bonds is 2. The predicted molar refractivity (Wildman–Crippen MR) is 104 cm³/mol. The first kappa shape index (κ1) is 16.0. The zero-order valence-electron chi connectivity index (χ0n) is 12.8. The molecule has 0 unspecified atom stereocenters. The van der Waals surface area contributed by atoms with E-state index in [0.717, 1.165) is 37.7 Å². The summed E-state index contributed by atoms with van der Waals surface area (Å²) in [5.41, 5.74) is 3.83. The molecule has 3 heterocycles. The number of benzene rings is 2. The highest BCUT2D eigenvalue weighted by molar-refractivity contribution is 8.93. The molecule has 3 aromatic heterocycles. The molecule has 0 saturated heterocycles. The van der Waals surface area contributed by atoms with Gasteiger partial charge in [-0.05, 0) is 30.3 Å². The number of aromatic nitrogens is 4. The molecule has 4 nitrogen and oxygen atoms in total. The van der Waals surface area contributed by atoms with Crippen LogP contribution in [0.5, 0.6) is 0 Å². The first-order valence-corrected chi connectivity index (χ1v) is 8.28. The van der Waals surface area contributed by atoms with Crippen LogP contribution in [0.4, 0.5) is 4.39 Å². The van der Waals surface area contributed by atoms with E-state index < -0.39 is 0 Å². The van der Waals surface area contributed by atoms with Crippen LogP contribution in [-0.2, 0) is 0 Å². The Kier molecular flexibility index (Phi) is 3.89. The molecule has 5 aromatic rings.